The number of hydrogen-bond acceptors (Lipinski definition) is 5. The second-order valence-corrected chi connectivity index (χ2v) is 3.37. The number of rotatable bonds is 4. The van der Waals surface area contributed by atoms with E-state index in [1.807, 2.05) is 0 Å². The van der Waals surface area contributed by atoms with Gasteiger partial charge in [-0.2, -0.15) is 0 Å². The summed E-state index contributed by atoms with van der Waals surface area (Å²) in [6.45, 7) is 1.41. The molecule has 6 nitrogen and oxygen atoms in total. The van der Waals surface area contributed by atoms with Crippen LogP contribution in [0.4, 0.5) is 14.5 Å². The van der Waals surface area contributed by atoms with Crippen molar-refractivity contribution in [2.24, 2.45) is 0 Å². The maximum absolute atomic E-state index is 12.6. The molecule has 1 aromatic heterocycles. The summed E-state index contributed by atoms with van der Waals surface area (Å²) in [5.74, 6) is -1.11. The van der Waals surface area contributed by atoms with E-state index in [2.05, 4.69) is 9.72 Å². The van der Waals surface area contributed by atoms with Crippen LogP contribution in [0.3, 0.4) is 0 Å². The summed E-state index contributed by atoms with van der Waals surface area (Å²) in [7, 11) is 0. The van der Waals surface area contributed by atoms with Crippen molar-refractivity contribution in [3.63, 3.8) is 0 Å². The van der Waals surface area contributed by atoms with E-state index in [0.717, 1.165) is 0 Å². The Labute approximate surface area is 105 Å². The number of carbonyl (C=O) groups is 1. The van der Waals surface area contributed by atoms with Gasteiger partial charge in [0.1, 0.15) is 5.69 Å². The van der Waals surface area contributed by atoms with Gasteiger partial charge in [0.15, 0.2) is 0 Å². The van der Waals surface area contributed by atoms with Crippen molar-refractivity contribution in [1.29, 1.82) is 0 Å². The maximum atomic E-state index is 12.6. The zero-order valence-electron chi connectivity index (χ0n) is 9.02. The lowest BCUT2D eigenvalue weighted by Gasteiger charge is -2.07. The van der Waals surface area contributed by atoms with Gasteiger partial charge < -0.3 is 4.74 Å². The number of aromatic nitrogens is 1. The zero-order valence-corrected chi connectivity index (χ0v) is 9.78. The molecule has 0 radical (unpaired) electrons. The molecule has 0 bridgehead atoms. The molecule has 0 aliphatic carbocycles. The molecular weight excluding hydrogens is 274 g/mol. The molecule has 0 amide bonds. The van der Waals surface area contributed by atoms with Gasteiger partial charge in [-0.3, -0.25) is 10.1 Å². The van der Waals surface area contributed by atoms with E-state index in [1.165, 1.54) is 6.92 Å². The summed E-state index contributed by atoms with van der Waals surface area (Å²) < 4.78 is 29.8. The van der Waals surface area contributed by atoms with Gasteiger partial charge in [-0.05, 0) is 6.92 Å². The molecule has 0 aliphatic heterocycles. The van der Waals surface area contributed by atoms with Crippen LogP contribution in [-0.2, 0) is 4.74 Å². The van der Waals surface area contributed by atoms with Crippen LogP contribution in [-0.4, -0.2) is 22.5 Å². The largest absolute Gasteiger partial charge is 0.462 e. The summed E-state index contributed by atoms with van der Waals surface area (Å²) in [6.07, 6.45) is -3.09. The van der Waals surface area contributed by atoms with Crippen LogP contribution < -0.4 is 0 Å². The number of ether oxygens (including phenoxy) is 1. The van der Waals surface area contributed by atoms with Gasteiger partial charge in [0.05, 0.1) is 17.1 Å². The lowest BCUT2D eigenvalue weighted by molar-refractivity contribution is -0.385. The first-order valence-corrected chi connectivity index (χ1v) is 5.06. The van der Waals surface area contributed by atoms with Gasteiger partial charge in [-0.15, -0.1) is 0 Å². The number of alkyl halides is 2. The molecule has 0 N–H and O–H groups in total. The fraction of sp³-hybridized carbons (Fsp3) is 0.333. The van der Waals surface area contributed by atoms with E-state index in [4.69, 9.17) is 11.6 Å². The molecule has 98 valence electrons. The third-order valence-corrected chi connectivity index (χ3v) is 2.16. The fourth-order valence-corrected chi connectivity index (χ4v) is 1.37. The average Bonchev–Trinajstić information content (AvgIpc) is 2.28. The molecular formula is C9H7ClF2N2O4. The van der Waals surface area contributed by atoms with Crippen molar-refractivity contribution in [2.75, 3.05) is 6.61 Å². The Kier molecular flexibility index (Phi) is 4.49. The Balaban J connectivity index is 3.40. The zero-order chi connectivity index (χ0) is 13.9. The molecule has 9 heteroatoms. The second-order valence-electron chi connectivity index (χ2n) is 3.01. The molecule has 0 saturated carbocycles. The summed E-state index contributed by atoms with van der Waals surface area (Å²) >= 11 is 5.38. The molecule has 0 unspecified atom stereocenters. The first-order chi connectivity index (χ1) is 8.38. The van der Waals surface area contributed by atoms with E-state index in [1.54, 1.807) is 0 Å². The van der Waals surface area contributed by atoms with Gasteiger partial charge in [-0.1, -0.05) is 11.6 Å². The molecule has 1 heterocycles. The highest BCUT2D eigenvalue weighted by atomic mass is 35.5. The second kappa shape index (κ2) is 5.67. The van der Waals surface area contributed by atoms with E-state index in [-0.39, 0.29) is 6.61 Å². The van der Waals surface area contributed by atoms with Gasteiger partial charge in [0.25, 0.3) is 6.43 Å². The lowest BCUT2D eigenvalue weighted by atomic mass is 10.2. The minimum Gasteiger partial charge on any atom is -0.462 e. The van der Waals surface area contributed by atoms with Crippen LogP contribution in [0.5, 0.6) is 0 Å². The number of nitro groups is 1. The Hall–Kier alpha value is -1.83. The summed E-state index contributed by atoms with van der Waals surface area (Å²) in [5, 5.41) is 9.87. The molecule has 0 saturated heterocycles. The molecule has 0 fully saturated rings. The smallest absolute Gasteiger partial charge is 0.340 e. The standard InChI is InChI=1S/C9H7ClF2N2O4/c1-2-18-9(15)4-3-5(14(16)17)7(10)13-6(4)8(11)12/h3,8H,2H2,1H3. The quantitative estimate of drug-likeness (QED) is 0.366. The van der Waals surface area contributed by atoms with Crippen molar-refractivity contribution < 1.29 is 23.2 Å². The average molecular weight is 281 g/mol. The molecule has 1 aromatic rings. The van der Waals surface area contributed by atoms with Crippen molar-refractivity contribution in [3.05, 3.63) is 32.6 Å². The number of carbonyl (C=O) groups excluding carboxylic acids is 1. The molecule has 18 heavy (non-hydrogen) atoms. The van der Waals surface area contributed by atoms with E-state index in [9.17, 15) is 23.7 Å². The van der Waals surface area contributed by atoms with E-state index in [0.29, 0.717) is 6.07 Å². The Morgan fingerprint density at radius 3 is 2.72 bits per heavy atom. The highest BCUT2D eigenvalue weighted by Crippen LogP contribution is 2.30. The topological polar surface area (TPSA) is 82.3 Å². The fourth-order valence-electron chi connectivity index (χ4n) is 1.16. The molecule has 1 rings (SSSR count). The highest BCUT2D eigenvalue weighted by molar-refractivity contribution is 6.31. The van der Waals surface area contributed by atoms with E-state index >= 15 is 0 Å². The normalized spacial score (nSPS) is 10.5. The number of nitrogens with zero attached hydrogens (tertiary/aromatic N) is 2. The summed E-state index contributed by atoms with van der Waals surface area (Å²) in [5.41, 5.74) is -2.34. The molecule has 0 spiro atoms. The van der Waals surface area contributed by atoms with Gasteiger partial charge in [-0.25, -0.2) is 18.6 Å². The predicted octanol–water partition coefficient (Wildman–Crippen LogP) is 2.76. The van der Waals surface area contributed by atoms with Crippen molar-refractivity contribution >= 4 is 23.3 Å². The van der Waals surface area contributed by atoms with Crippen LogP contribution in [0.1, 0.15) is 29.4 Å². The number of halogens is 3. The monoisotopic (exact) mass is 280 g/mol. The Bertz CT molecular complexity index is 496. The van der Waals surface area contributed by atoms with Gasteiger partial charge >= 0.3 is 11.7 Å². The van der Waals surface area contributed by atoms with Crippen molar-refractivity contribution in [3.8, 4) is 0 Å². The number of esters is 1. The number of pyridine rings is 1. The van der Waals surface area contributed by atoms with Crippen LogP contribution in [0, 0.1) is 10.1 Å². The van der Waals surface area contributed by atoms with Gasteiger partial charge in [0, 0.05) is 6.07 Å². The van der Waals surface area contributed by atoms with Crippen LogP contribution >= 0.6 is 11.6 Å². The maximum Gasteiger partial charge on any atom is 0.340 e. The molecule has 0 aromatic carbocycles. The highest BCUT2D eigenvalue weighted by Gasteiger charge is 2.27. The summed E-state index contributed by atoms with van der Waals surface area (Å²) in [4.78, 5) is 24.2. The Morgan fingerprint density at radius 1 is 1.67 bits per heavy atom. The minimum absolute atomic E-state index is 0.0576. The lowest BCUT2D eigenvalue weighted by Crippen LogP contribution is -2.11. The van der Waals surface area contributed by atoms with Crippen LogP contribution in [0.15, 0.2) is 6.07 Å². The van der Waals surface area contributed by atoms with E-state index < -0.39 is 39.4 Å². The van der Waals surface area contributed by atoms with Crippen molar-refractivity contribution in [2.45, 2.75) is 13.3 Å². The SMILES string of the molecule is CCOC(=O)c1cc([N+](=O)[O-])c(Cl)nc1C(F)F. The first kappa shape index (κ1) is 14.2. The third kappa shape index (κ3) is 2.89. The first-order valence-electron chi connectivity index (χ1n) is 4.68. The van der Waals surface area contributed by atoms with Gasteiger partial charge in [0.2, 0.25) is 5.15 Å². The third-order valence-electron chi connectivity index (χ3n) is 1.89. The van der Waals surface area contributed by atoms with Crippen LogP contribution in [0.25, 0.3) is 0 Å². The minimum atomic E-state index is -3.09. The number of hydrogen-bond donors (Lipinski definition) is 0. The van der Waals surface area contributed by atoms with Crippen molar-refractivity contribution in [1.82, 2.24) is 4.98 Å². The summed E-state index contributed by atoms with van der Waals surface area (Å²) in [6, 6.07) is 0.634. The molecule has 0 atom stereocenters. The Morgan fingerprint density at radius 2 is 2.28 bits per heavy atom. The molecule has 0 aliphatic rings. The van der Waals surface area contributed by atoms with Crippen LogP contribution in [0.2, 0.25) is 5.15 Å². The predicted molar refractivity (Wildman–Crippen MR) is 56.8 cm³/mol.